The number of halogens is 1. The molecule has 0 radical (unpaired) electrons. The van der Waals surface area contributed by atoms with Crippen molar-refractivity contribution in [3.63, 3.8) is 0 Å². The lowest BCUT2D eigenvalue weighted by Crippen LogP contribution is -2.28. The summed E-state index contributed by atoms with van der Waals surface area (Å²) in [6.45, 7) is 4.27. The molecule has 0 amide bonds. The Bertz CT molecular complexity index is 580. The van der Waals surface area contributed by atoms with Crippen molar-refractivity contribution in [2.75, 3.05) is 25.0 Å². The van der Waals surface area contributed by atoms with Gasteiger partial charge in [0.2, 0.25) is 0 Å². The van der Waals surface area contributed by atoms with Crippen molar-refractivity contribution < 1.29 is 0 Å². The van der Waals surface area contributed by atoms with E-state index in [9.17, 15) is 0 Å². The Labute approximate surface area is 131 Å². The van der Waals surface area contributed by atoms with Crippen LogP contribution in [0.4, 0.5) is 5.69 Å². The third-order valence-electron chi connectivity index (χ3n) is 4.03. The summed E-state index contributed by atoms with van der Waals surface area (Å²) in [5, 5.41) is 4.25. The van der Waals surface area contributed by atoms with E-state index in [1.54, 1.807) is 0 Å². The summed E-state index contributed by atoms with van der Waals surface area (Å²) in [6.07, 6.45) is 2.45. The molecule has 1 aliphatic rings. The van der Waals surface area contributed by atoms with Crippen LogP contribution in [0.2, 0.25) is 5.02 Å². The molecule has 0 saturated carbocycles. The Kier molecular flexibility index (Phi) is 4.79. The van der Waals surface area contributed by atoms with Crippen LogP contribution in [0.15, 0.2) is 48.5 Å². The second-order valence-corrected chi connectivity index (χ2v) is 6.02. The zero-order valence-corrected chi connectivity index (χ0v) is 12.9. The van der Waals surface area contributed by atoms with Crippen LogP contribution in [0.3, 0.4) is 0 Å². The summed E-state index contributed by atoms with van der Waals surface area (Å²) in [7, 11) is 0. The van der Waals surface area contributed by atoms with Gasteiger partial charge in [0.25, 0.3) is 0 Å². The summed E-state index contributed by atoms with van der Waals surface area (Å²) < 4.78 is 0. The molecule has 110 valence electrons. The minimum atomic E-state index is 0.782. The van der Waals surface area contributed by atoms with Crippen LogP contribution in [0.5, 0.6) is 0 Å². The maximum absolute atomic E-state index is 5.90. The zero-order chi connectivity index (χ0) is 14.5. The molecule has 1 aliphatic heterocycles. The van der Waals surface area contributed by atoms with Crippen LogP contribution < -0.4 is 5.32 Å². The molecule has 3 heteroatoms. The number of hydrogen-bond acceptors (Lipinski definition) is 2. The number of rotatable bonds is 4. The number of nitrogens with zero attached hydrogens (tertiary/aromatic N) is 1. The fourth-order valence-corrected chi connectivity index (χ4v) is 3.01. The number of hydrogen-bond donors (Lipinski definition) is 1. The summed E-state index contributed by atoms with van der Waals surface area (Å²) in [5.74, 6) is 0. The molecule has 1 N–H and O–H groups in total. The Hall–Kier alpha value is -1.51. The van der Waals surface area contributed by atoms with Crippen molar-refractivity contribution in [3.8, 4) is 0 Å². The van der Waals surface area contributed by atoms with E-state index in [1.165, 1.54) is 30.5 Å². The number of benzene rings is 2. The number of fused-ring (bicyclic) bond motifs is 1. The zero-order valence-electron chi connectivity index (χ0n) is 12.2. The van der Waals surface area contributed by atoms with Gasteiger partial charge < -0.3 is 5.32 Å². The van der Waals surface area contributed by atoms with Gasteiger partial charge in [0, 0.05) is 30.3 Å². The van der Waals surface area contributed by atoms with E-state index in [2.05, 4.69) is 34.5 Å². The Morgan fingerprint density at radius 3 is 2.57 bits per heavy atom. The first kappa shape index (κ1) is 14.4. The highest BCUT2D eigenvalue weighted by Gasteiger charge is 2.13. The summed E-state index contributed by atoms with van der Waals surface area (Å²) >= 11 is 5.90. The number of aryl methyl sites for hydroxylation is 1. The van der Waals surface area contributed by atoms with E-state index in [0.29, 0.717) is 0 Å². The fourth-order valence-electron chi connectivity index (χ4n) is 2.89. The van der Waals surface area contributed by atoms with Gasteiger partial charge in [0.05, 0.1) is 0 Å². The first-order chi connectivity index (χ1) is 10.3. The molecule has 0 saturated heterocycles. The first-order valence-electron chi connectivity index (χ1n) is 7.60. The maximum atomic E-state index is 5.90. The van der Waals surface area contributed by atoms with Crippen LogP contribution in [0, 0.1) is 0 Å². The Morgan fingerprint density at radius 1 is 1.00 bits per heavy atom. The van der Waals surface area contributed by atoms with Crippen molar-refractivity contribution in [2.24, 2.45) is 0 Å². The fraction of sp³-hybridized carbons (Fsp3) is 0.333. The lowest BCUT2D eigenvalue weighted by Gasteiger charge is -2.21. The van der Waals surface area contributed by atoms with Crippen LogP contribution >= 0.6 is 11.6 Å². The van der Waals surface area contributed by atoms with Crippen molar-refractivity contribution in [3.05, 3.63) is 64.7 Å². The quantitative estimate of drug-likeness (QED) is 0.910. The molecule has 0 fully saturated rings. The van der Waals surface area contributed by atoms with Crippen molar-refractivity contribution in [1.29, 1.82) is 0 Å². The van der Waals surface area contributed by atoms with Crippen molar-refractivity contribution in [1.82, 2.24) is 4.90 Å². The lowest BCUT2D eigenvalue weighted by molar-refractivity contribution is 0.280. The molecule has 0 bridgehead atoms. The van der Waals surface area contributed by atoms with Gasteiger partial charge in [-0.1, -0.05) is 35.9 Å². The largest absolute Gasteiger partial charge is 0.384 e. The monoisotopic (exact) mass is 300 g/mol. The van der Waals surface area contributed by atoms with Gasteiger partial charge in [-0.15, -0.1) is 0 Å². The van der Waals surface area contributed by atoms with E-state index >= 15 is 0 Å². The molecule has 2 aromatic carbocycles. The van der Waals surface area contributed by atoms with Crippen LogP contribution in [0.25, 0.3) is 0 Å². The third-order valence-corrected chi connectivity index (χ3v) is 4.29. The second kappa shape index (κ2) is 6.97. The van der Waals surface area contributed by atoms with Gasteiger partial charge in [0.1, 0.15) is 0 Å². The van der Waals surface area contributed by atoms with Crippen LogP contribution in [0.1, 0.15) is 17.5 Å². The second-order valence-electron chi connectivity index (χ2n) is 5.58. The Balaban J connectivity index is 1.53. The smallest absolute Gasteiger partial charge is 0.0407 e. The highest BCUT2D eigenvalue weighted by molar-refractivity contribution is 6.30. The van der Waals surface area contributed by atoms with E-state index in [-0.39, 0.29) is 0 Å². The molecule has 21 heavy (non-hydrogen) atoms. The minimum Gasteiger partial charge on any atom is -0.384 e. The normalized spacial score (nSPS) is 15.3. The highest BCUT2D eigenvalue weighted by atomic mass is 35.5. The average Bonchev–Trinajstić information content (AvgIpc) is 2.71. The van der Waals surface area contributed by atoms with E-state index in [0.717, 1.165) is 30.3 Å². The van der Waals surface area contributed by atoms with Gasteiger partial charge in [-0.2, -0.15) is 0 Å². The van der Waals surface area contributed by atoms with Crippen LogP contribution in [-0.4, -0.2) is 24.5 Å². The molecule has 1 heterocycles. The Morgan fingerprint density at radius 2 is 1.76 bits per heavy atom. The number of nitrogens with one attached hydrogen (secondary N) is 1. The van der Waals surface area contributed by atoms with Gasteiger partial charge in [-0.3, -0.25) is 4.90 Å². The summed E-state index contributed by atoms with van der Waals surface area (Å²) in [4.78, 5) is 2.54. The van der Waals surface area contributed by atoms with Gasteiger partial charge in [-0.05, 0) is 54.8 Å². The molecule has 0 spiro atoms. The van der Waals surface area contributed by atoms with Gasteiger partial charge >= 0.3 is 0 Å². The van der Waals surface area contributed by atoms with E-state index in [4.69, 9.17) is 11.6 Å². The van der Waals surface area contributed by atoms with Gasteiger partial charge in [0.15, 0.2) is 0 Å². The molecule has 0 atom stereocenters. The number of anilines is 1. The predicted molar refractivity (Wildman–Crippen MR) is 90.0 cm³/mol. The lowest BCUT2D eigenvalue weighted by atomic mass is 10.0. The molecule has 3 rings (SSSR count). The molecule has 0 aromatic heterocycles. The SMILES string of the molecule is Clc1ccc(NCCN2CCCc3ccccc3C2)cc1. The molecular formula is C18H21ClN2. The maximum Gasteiger partial charge on any atom is 0.0407 e. The van der Waals surface area contributed by atoms with Crippen LogP contribution in [-0.2, 0) is 13.0 Å². The molecule has 2 nitrogen and oxygen atoms in total. The molecule has 0 unspecified atom stereocenters. The van der Waals surface area contributed by atoms with E-state index < -0.39 is 0 Å². The molecule has 2 aromatic rings. The van der Waals surface area contributed by atoms with Gasteiger partial charge in [-0.25, -0.2) is 0 Å². The predicted octanol–water partition coefficient (Wildman–Crippen LogP) is 4.20. The summed E-state index contributed by atoms with van der Waals surface area (Å²) in [6, 6.07) is 16.7. The molecule has 0 aliphatic carbocycles. The average molecular weight is 301 g/mol. The highest BCUT2D eigenvalue weighted by Crippen LogP contribution is 2.18. The first-order valence-corrected chi connectivity index (χ1v) is 7.98. The topological polar surface area (TPSA) is 15.3 Å². The standard InChI is InChI=1S/C18H21ClN2/c19-17-7-9-18(10-8-17)20-11-13-21-12-3-6-15-4-1-2-5-16(15)14-21/h1-2,4-5,7-10,20H,3,6,11-14H2. The third kappa shape index (κ3) is 3.99. The van der Waals surface area contributed by atoms with E-state index in [1.807, 2.05) is 24.3 Å². The minimum absolute atomic E-state index is 0.782. The summed E-state index contributed by atoms with van der Waals surface area (Å²) in [5.41, 5.74) is 4.14. The van der Waals surface area contributed by atoms with Crippen molar-refractivity contribution >= 4 is 17.3 Å². The van der Waals surface area contributed by atoms with Crippen molar-refractivity contribution in [2.45, 2.75) is 19.4 Å². The molecular weight excluding hydrogens is 280 g/mol.